The van der Waals surface area contributed by atoms with E-state index in [2.05, 4.69) is 15.9 Å². The van der Waals surface area contributed by atoms with Gasteiger partial charge in [0.1, 0.15) is 17.2 Å². The third-order valence-corrected chi connectivity index (χ3v) is 5.91. The van der Waals surface area contributed by atoms with Gasteiger partial charge in [0, 0.05) is 9.86 Å². The Kier molecular flexibility index (Phi) is 2.57. The van der Waals surface area contributed by atoms with Gasteiger partial charge >= 0.3 is 5.79 Å². The van der Waals surface area contributed by atoms with Gasteiger partial charge in [-0.3, -0.25) is 4.79 Å². The maximum atomic E-state index is 12.6. The van der Waals surface area contributed by atoms with Gasteiger partial charge in [0.2, 0.25) is 0 Å². The van der Waals surface area contributed by atoms with Gasteiger partial charge in [0.25, 0.3) is 0 Å². The van der Waals surface area contributed by atoms with Gasteiger partial charge in [-0.15, -0.1) is 0 Å². The number of halogens is 1. The molecule has 1 spiro atoms. The molecule has 0 saturated carbocycles. The topological polar surface area (TPSA) is 68.3 Å². The number of ether oxygens (including phenoxy) is 3. The van der Waals surface area contributed by atoms with E-state index in [0.29, 0.717) is 17.1 Å². The Bertz CT molecular complexity index is 1130. The summed E-state index contributed by atoms with van der Waals surface area (Å²) in [6.45, 7) is 0. The standard InChI is InChI=1S/C20H11BrO5/c21-11-7-8-14-15-9(11)3-1-6-13(15)25-20(26-14)10-4-2-5-12(22)16(10)17(23)18-19(20)24-18/h1-8,18-19,22H/t18-,19-,20-/m1/s1. The monoisotopic (exact) mass is 410 g/mol. The van der Waals surface area contributed by atoms with Crippen molar-refractivity contribution in [3.05, 3.63) is 64.1 Å². The molecular weight excluding hydrogens is 400 g/mol. The number of hydrogen-bond donors (Lipinski definition) is 1. The Morgan fingerprint density at radius 2 is 1.77 bits per heavy atom. The summed E-state index contributed by atoms with van der Waals surface area (Å²) < 4.78 is 19.3. The molecule has 1 aliphatic carbocycles. The van der Waals surface area contributed by atoms with Crippen molar-refractivity contribution in [1.29, 1.82) is 0 Å². The molecule has 2 heterocycles. The van der Waals surface area contributed by atoms with Crippen LogP contribution in [-0.2, 0) is 10.5 Å². The molecule has 5 nitrogen and oxygen atoms in total. The molecule has 26 heavy (non-hydrogen) atoms. The number of carbonyl (C=O) groups is 1. The zero-order valence-corrected chi connectivity index (χ0v) is 14.8. The zero-order valence-electron chi connectivity index (χ0n) is 13.2. The quantitative estimate of drug-likeness (QED) is 0.569. The second-order valence-electron chi connectivity index (χ2n) is 6.64. The number of fused-ring (bicyclic) bond motifs is 4. The van der Waals surface area contributed by atoms with Crippen LogP contribution in [-0.4, -0.2) is 23.1 Å². The van der Waals surface area contributed by atoms with Crippen LogP contribution in [0.4, 0.5) is 0 Å². The SMILES string of the molecule is O=C1c2c(O)cccc2[C@]2(Oc3cccc4c(Br)ccc(c34)O2)[C@@H]2O[C@H]12. The second-order valence-corrected chi connectivity index (χ2v) is 7.49. The summed E-state index contributed by atoms with van der Waals surface area (Å²) in [5.41, 5.74) is 0.700. The summed E-state index contributed by atoms with van der Waals surface area (Å²) in [6.07, 6.45) is -1.21. The number of carbonyl (C=O) groups excluding carboxylic acids is 1. The van der Waals surface area contributed by atoms with Gasteiger partial charge in [-0.25, -0.2) is 0 Å². The molecule has 1 fully saturated rings. The van der Waals surface area contributed by atoms with Crippen LogP contribution in [0.25, 0.3) is 10.8 Å². The molecule has 1 saturated heterocycles. The van der Waals surface area contributed by atoms with Crippen molar-refractivity contribution in [1.82, 2.24) is 0 Å². The highest BCUT2D eigenvalue weighted by atomic mass is 79.9. The minimum atomic E-state index is -1.29. The Labute approximate surface area is 156 Å². The van der Waals surface area contributed by atoms with Crippen LogP contribution in [0.3, 0.4) is 0 Å². The van der Waals surface area contributed by atoms with E-state index in [0.717, 1.165) is 15.2 Å². The van der Waals surface area contributed by atoms with Crippen LogP contribution in [0.2, 0.25) is 0 Å². The zero-order chi connectivity index (χ0) is 17.6. The van der Waals surface area contributed by atoms with Crippen LogP contribution in [0.1, 0.15) is 15.9 Å². The Morgan fingerprint density at radius 1 is 1.00 bits per heavy atom. The number of hydrogen-bond acceptors (Lipinski definition) is 5. The number of aromatic hydroxyl groups is 1. The predicted octanol–water partition coefficient (Wildman–Crippen LogP) is 3.90. The first-order valence-electron chi connectivity index (χ1n) is 8.21. The fourth-order valence-electron chi connectivity index (χ4n) is 4.04. The maximum Gasteiger partial charge on any atom is 0.308 e. The molecule has 0 bridgehead atoms. The molecule has 128 valence electrons. The maximum absolute atomic E-state index is 12.6. The van der Waals surface area contributed by atoms with Crippen LogP contribution in [0.15, 0.2) is 53.0 Å². The van der Waals surface area contributed by atoms with Gasteiger partial charge < -0.3 is 19.3 Å². The third-order valence-electron chi connectivity index (χ3n) is 5.22. The summed E-state index contributed by atoms with van der Waals surface area (Å²) in [5, 5.41) is 12.1. The summed E-state index contributed by atoms with van der Waals surface area (Å²) >= 11 is 3.56. The lowest BCUT2D eigenvalue weighted by molar-refractivity contribution is -0.145. The van der Waals surface area contributed by atoms with Crippen molar-refractivity contribution in [2.45, 2.75) is 18.0 Å². The molecule has 6 heteroatoms. The van der Waals surface area contributed by atoms with E-state index in [4.69, 9.17) is 14.2 Å². The second kappa shape index (κ2) is 4.58. The lowest BCUT2D eigenvalue weighted by Crippen LogP contribution is -2.51. The molecule has 2 aliphatic heterocycles. The first-order chi connectivity index (χ1) is 12.6. The number of phenolic OH excluding ortho intramolecular Hbond substituents is 1. The predicted molar refractivity (Wildman–Crippen MR) is 95.7 cm³/mol. The third kappa shape index (κ3) is 1.61. The average Bonchev–Trinajstić information content (AvgIpc) is 3.45. The highest BCUT2D eigenvalue weighted by Crippen LogP contribution is 2.56. The van der Waals surface area contributed by atoms with Gasteiger partial charge in [-0.05, 0) is 24.3 Å². The van der Waals surface area contributed by atoms with Gasteiger partial charge in [-0.2, -0.15) is 0 Å². The Morgan fingerprint density at radius 3 is 2.62 bits per heavy atom. The summed E-state index contributed by atoms with van der Waals surface area (Å²) in [5.74, 6) is -0.304. The molecule has 6 rings (SSSR count). The molecule has 1 N–H and O–H groups in total. The Balaban J connectivity index is 1.64. The van der Waals surface area contributed by atoms with Crippen LogP contribution >= 0.6 is 15.9 Å². The molecule has 3 aromatic carbocycles. The van der Waals surface area contributed by atoms with Crippen molar-refractivity contribution in [3.63, 3.8) is 0 Å². The first-order valence-corrected chi connectivity index (χ1v) is 9.01. The van der Waals surface area contributed by atoms with Crippen LogP contribution in [0.5, 0.6) is 17.2 Å². The fraction of sp³-hybridized carbons (Fsp3) is 0.150. The average molecular weight is 411 g/mol. The number of Topliss-reactive ketones (excluding diaryl/α,β-unsaturated/α-hetero) is 1. The van der Waals surface area contributed by atoms with E-state index in [9.17, 15) is 9.90 Å². The highest BCUT2D eigenvalue weighted by molar-refractivity contribution is 9.10. The lowest BCUT2D eigenvalue weighted by atomic mass is 9.84. The van der Waals surface area contributed by atoms with E-state index in [1.54, 1.807) is 12.1 Å². The molecule has 3 aromatic rings. The van der Waals surface area contributed by atoms with Crippen molar-refractivity contribution in [3.8, 4) is 17.2 Å². The molecular formula is C20H11BrO5. The smallest absolute Gasteiger partial charge is 0.308 e. The van der Waals surface area contributed by atoms with Crippen molar-refractivity contribution in [2.75, 3.05) is 0 Å². The summed E-state index contributed by atoms with van der Waals surface area (Å²) in [4.78, 5) is 12.6. The largest absolute Gasteiger partial charge is 0.507 e. The number of benzene rings is 3. The van der Waals surface area contributed by atoms with Crippen LogP contribution < -0.4 is 9.47 Å². The number of phenols is 1. The highest BCUT2D eigenvalue weighted by Gasteiger charge is 2.69. The van der Waals surface area contributed by atoms with Gasteiger partial charge in [0.15, 0.2) is 18.0 Å². The fourth-order valence-corrected chi connectivity index (χ4v) is 4.50. The number of epoxide rings is 1. The Hall–Kier alpha value is -2.57. The lowest BCUT2D eigenvalue weighted by Gasteiger charge is -2.40. The van der Waals surface area contributed by atoms with Crippen molar-refractivity contribution in [2.24, 2.45) is 0 Å². The van der Waals surface area contributed by atoms with E-state index in [-0.39, 0.29) is 17.1 Å². The van der Waals surface area contributed by atoms with Crippen LogP contribution in [0, 0.1) is 0 Å². The van der Waals surface area contributed by atoms with E-state index in [1.807, 2.05) is 30.3 Å². The normalized spacial score (nSPS) is 27.5. The molecule has 0 aromatic heterocycles. The number of rotatable bonds is 0. The molecule has 0 amide bonds. The minimum absolute atomic E-state index is 0.0900. The molecule has 0 unspecified atom stereocenters. The van der Waals surface area contributed by atoms with Gasteiger partial charge in [0.05, 0.1) is 16.5 Å². The number of ketones is 1. The van der Waals surface area contributed by atoms with Crippen molar-refractivity contribution >= 4 is 32.5 Å². The molecule has 0 radical (unpaired) electrons. The first kappa shape index (κ1) is 14.6. The molecule has 3 atom stereocenters. The van der Waals surface area contributed by atoms with Crippen molar-refractivity contribution < 1.29 is 24.1 Å². The summed E-state index contributed by atoms with van der Waals surface area (Å²) in [7, 11) is 0. The molecule has 3 aliphatic rings. The van der Waals surface area contributed by atoms with E-state index < -0.39 is 18.0 Å². The summed E-state index contributed by atoms with van der Waals surface area (Å²) in [6, 6.07) is 14.5. The van der Waals surface area contributed by atoms with E-state index >= 15 is 0 Å². The van der Waals surface area contributed by atoms with Gasteiger partial charge in [-0.1, -0.05) is 40.2 Å². The van der Waals surface area contributed by atoms with E-state index in [1.165, 1.54) is 6.07 Å². The minimum Gasteiger partial charge on any atom is -0.507 e.